The molecule has 1 atom stereocenters. The molecule has 1 aliphatic rings. The molecule has 3 rings (SSSR count). The number of carbonyl (C=O) groups is 1. The molecule has 1 aromatic carbocycles. The maximum absolute atomic E-state index is 12.8. The van der Waals surface area contributed by atoms with Crippen molar-refractivity contribution < 1.29 is 9.53 Å². The third-order valence-electron chi connectivity index (χ3n) is 4.24. The van der Waals surface area contributed by atoms with E-state index in [1.54, 1.807) is 11.3 Å². The molecule has 0 saturated heterocycles. The summed E-state index contributed by atoms with van der Waals surface area (Å²) in [6.45, 7) is 5.22. The van der Waals surface area contributed by atoms with Crippen LogP contribution in [0.2, 0.25) is 0 Å². The molecule has 1 aliphatic carbocycles. The summed E-state index contributed by atoms with van der Waals surface area (Å²) < 4.78 is 5.70. The summed E-state index contributed by atoms with van der Waals surface area (Å²) in [5, 5.41) is 7.25. The Labute approximate surface area is 147 Å². The topological polar surface area (TPSA) is 41.6 Å². The molecular weight excluding hydrogens is 320 g/mol. The molecule has 24 heavy (non-hydrogen) atoms. The molecule has 2 aromatic rings. The van der Waals surface area contributed by atoms with Crippen LogP contribution in [0, 0.1) is 0 Å². The van der Waals surface area contributed by atoms with Crippen molar-refractivity contribution in [3.05, 3.63) is 52.2 Å². The van der Waals surface area contributed by atoms with E-state index in [0.717, 1.165) is 29.7 Å². The van der Waals surface area contributed by atoms with Crippen molar-refractivity contribution in [2.45, 2.75) is 45.3 Å². The highest BCUT2D eigenvalue weighted by Crippen LogP contribution is 2.31. The molecule has 1 aromatic heterocycles. The number of urea groups is 1. The highest BCUT2D eigenvalue weighted by Gasteiger charge is 2.33. The van der Waals surface area contributed by atoms with Crippen LogP contribution < -0.4 is 10.1 Å². The van der Waals surface area contributed by atoms with Gasteiger partial charge >= 0.3 is 6.03 Å². The van der Waals surface area contributed by atoms with E-state index in [1.165, 1.54) is 0 Å². The zero-order chi connectivity index (χ0) is 16.9. The molecule has 0 aliphatic heterocycles. The summed E-state index contributed by atoms with van der Waals surface area (Å²) in [5.41, 5.74) is 2.21. The van der Waals surface area contributed by atoms with Gasteiger partial charge in [0.2, 0.25) is 0 Å². The molecule has 2 amide bonds. The van der Waals surface area contributed by atoms with E-state index in [0.29, 0.717) is 19.2 Å². The average molecular weight is 344 g/mol. The van der Waals surface area contributed by atoms with Gasteiger partial charge in [-0.1, -0.05) is 18.2 Å². The molecule has 5 heteroatoms. The number of nitrogens with zero attached hydrogens (tertiary/aromatic N) is 1. The second kappa shape index (κ2) is 7.71. The maximum Gasteiger partial charge on any atom is 0.318 e. The molecule has 128 valence electrons. The fourth-order valence-electron chi connectivity index (χ4n) is 2.74. The zero-order valence-corrected chi connectivity index (χ0v) is 15.0. The van der Waals surface area contributed by atoms with Gasteiger partial charge in [-0.2, -0.15) is 11.3 Å². The second-order valence-electron chi connectivity index (χ2n) is 6.13. The lowest BCUT2D eigenvalue weighted by molar-refractivity contribution is 0.187. The Kier molecular flexibility index (Phi) is 5.41. The molecule has 1 N–H and O–H groups in total. The number of hydrogen-bond acceptors (Lipinski definition) is 3. The molecule has 1 heterocycles. The lowest BCUT2D eigenvalue weighted by Gasteiger charge is -2.26. The number of carbonyl (C=O) groups excluding carboxylic acids is 1. The average Bonchev–Trinajstić information content (AvgIpc) is 3.26. The van der Waals surface area contributed by atoms with Crippen molar-refractivity contribution in [3.63, 3.8) is 0 Å². The van der Waals surface area contributed by atoms with Gasteiger partial charge in [0, 0.05) is 11.6 Å². The highest BCUT2D eigenvalue weighted by molar-refractivity contribution is 7.07. The number of amides is 2. The monoisotopic (exact) mass is 344 g/mol. The second-order valence-corrected chi connectivity index (χ2v) is 6.91. The van der Waals surface area contributed by atoms with Crippen LogP contribution >= 0.6 is 11.3 Å². The molecule has 0 bridgehead atoms. The Morgan fingerprint density at radius 3 is 2.83 bits per heavy atom. The standard InChI is InChI=1S/C19H24N2O2S/c1-3-23-18-7-5-4-6-15(18)12-21(17-8-9-17)19(22)20-14(2)16-10-11-24-13-16/h4-7,10-11,13-14,17H,3,8-9,12H2,1-2H3,(H,20,22)/t14-/m0/s1. The maximum atomic E-state index is 12.8. The predicted octanol–water partition coefficient (Wildman–Crippen LogP) is 4.58. The largest absolute Gasteiger partial charge is 0.494 e. The first-order valence-corrected chi connectivity index (χ1v) is 9.43. The number of nitrogens with one attached hydrogen (secondary N) is 1. The fraction of sp³-hybridized carbons (Fsp3) is 0.421. The minimum atomic E-state index is 0.00232. The van der Waals surface area contributed by atoms with Gasteiger partial charge in [0.15, 0.2) is 0 Å². The Hall–Kier alpha value is -2.01. The predicted molar refractivity (Wildman–Crippen MR) is 97.4 cm³/mol. The van der Waals surface area contributed by atoms with E-state index in [9.17, 15) is 4.79 Å². The van der Waals surface area contributed by atoms with Crippen LogP contribution in [0.4, 0.5) is 4.79 Å². The SMILES string of the molecule is CCOc1ccccc1CN(C(=O)N[C@@H](C)c1ccsc1)C1CC1. The fourth-order valence-corrected chi connectivity index (χ4v) is 3.49. The van der Waals surface area contributed by atoms with Gasteiger partial charge in [0.25, 0.3) is 0 Å². The van der Waals surface area contributed by atoms with E-state index >= 15 is 0 Å². The molecule has 1 fully saturated rings. The normalized spacial score (nSPS) is 14.9. The van der Waals surface area contributed by atoms with Crippen LogP contribution in [-0.2, 0) is 6.54 Å². The summed E-state index contributed by atoms with van der Waals surface area (Å²) in [7, 11) is 0. The first-order chi connectivity index (χ1) is 11.7. The highest BCUT2D eigenvalue weighted by atomic mass is 32.1. The van der Waals surface area contributed by atoms with Crippen LogP contribution in [0.1, 0.15) is 43.9 Å². The summed E-state index contributed by atoms with van der Waals surface area (Å²) in [6.07, 6.45) is 2.16. The van der Waals surface area contributed by atoms with Crippen molar-refractivity contribution in [2.24, 2.45) is 0 Å². The zero-order valence-electron chi connectivity index (χ0n) is 14.2. The van der Waals surface area contributed by atoms with Gasteiger partial charge in [-0.15, -0.1) is 0 Å². The van der Waals surface area contributed by atoms with Crippen molar-refractivity contribution in [2.75, 3.05) is 6.61 Å². The van der Waals surface area contributed by atoms with Gasteiger partial charge in [-0.05, 0) is 55.1 Å². The van der Waals surface area contributed by atoms with E-state index in [-0.39, 0.29) is 12.1 Å². The Morgan fingerprint density at radius 2 is 2.17 bits per heavy atom. The van der Waals surface area contributed by atoms with E-state index in [4.69, 9.17) is 4.74 Å². The first-order valence-electron chi connectivity index (χ1n) is 8.49. The first kappa shape index (κ1) is 16.8. The van der Waals surface area contributed by atoms with Crippen molar-refractivity contribution in [1.29, 1.82) is 0 Å². The lowest BCUT2D eigenvalue weighted by atomic mass is 10.1. The van der Waals surface area contributed by atoms with Crippen LogP contribution in [0.15, 0.2) is 41.1 Å². The lowest BCUT2D eigenvalue weighted by Crippen LogP contribution is -2.41. The van der Waals surface area contributed by atoms with Crippen LogP contribution in [-0.4, -0.2) is 23.6 Å². The summed E-state index contributed by atoms with van der Waals surface area (Å²) in [4.78, 5) is 14.7. The van der Waals surface area contributed by atoms with Crippen molar-refractivity contribution in [1.82, 2.24) is 10.2 Å². The minimum Gasteiger partial charge on any atom is -0.494 e. The summed E-state index contributed by atoms with van der Waals surface area (Å²) in [5.74, 6) is 0.865. The number of rotatable bonds is 7. The van der Waals surface area contributed by atoms with E-state index < -0.39 is 0 Å². The molecule has 1 saturated carbocycles. The van der Waals surface area contributed by atoms with Crippen molar-refractivity contribution in [3.8, 4) is 5.75 Å². The molecule has 0 spiro atoms. The van der Waals surface area contributed by atoms with Gasteiger partial charge in [0.1, 0.15) is 5.75 Å². The Balaban J connectivity index is 1.70. The minimum absolute atomic E-state index is 0.00232. The Morgan fingerprint density at radius 1 is 1.38 bits per heavy atom. The smallest absolute Gasteiger partial charge is 0.318 e. The summed E-state index contributed by atoms with van der Waals surface area (Å²) >= 11 is 1.65. The Bertz CT molecular complexity index is 668. The quantitative estimate of drug-likeness (QED) is 0.798. The van der Waals surface area contributed by atoms with Crippen molar-refractivity contribution >= 4 is 17.4 Å². The number of thiophene rings is 1. The van der Waals surface area contributed by atoms with Gasteiger partial charge in [-0.25, -0.2) is 4.79 Å². The molecule has 4 nitrogen and oxygen atoms in total. The third kappa shape index (κ3) is 4.09. The van der Waals surface area contributed by atoms with Crippen LogP contribution in [0.5, 0.6) is 5.75 Å². The van der Waals surface area contributed by atoms with Crippen LogP contribution in [0.3, 0.4) is 0 Å². The number of ether oxygens (including phenoxy) is 1. The van der Waals surface area contributed by atoms with Gasteiger partial charge in [-0.3, -0.25) is 0 Å². The molecule has 0 unspecified atom stereocenters. The van der Waals surface area contributed by atoms with E-state index in [2.05, 4.69) is 16.8 Å². The molecular formula is C19H24N2O2S. The van der Waals surface area contributed by atoms with Gasteiger partial charge < -0.3 is 15.0 Å². The van der Waals surface area contributed by atoms with Crippen LogP contribution in [0.25, 0.3) is 0 Å². The van der Waals surface area contributed by atoms with E-state index in [1.807, 2.05) is 48.4 Å². The number of benzene rings is 1. The third-order valence-corrected chi connectivity index (χ3v) is 4.95. The summed E-state index contributed by atoms with van der Waals surface area (Å²) in [6, 6.07) is 10.4. The van der Waals surface area contributed by atoms with Gasteiger partial charge in [0.05, 0.1) is 19.2 Å². The molecule has 0 radical (unpaired) electrons. The number of para-hydroxylation sites is 1. The number of hydrogen-bond donors (Lipinski definition) is 1.